The van der Waals surface area contributed by atoms with Crippen molar-refractivity contribution in [1.29, 1.82) is 0 Å². The molecule has 0 aliphatic rings. The van der Waals surface area contributed by atoms with Gasteiger partial charge in [-0.05, 0) is 44.0 Å². The van der Waals surface area contributed by atoms with Crippen LogP contribution in [0.3, 0.4) is 0 Å². The topological polar surface area (TPSA) is 94.1 Å². The lowest BCUT2D eigenvalue weighted by Gasteiger charge is -2.18. The summed E-state index contributed by atoms with van der Waals surface area (Å²) in [6.07, 6.45) is 5.38. The van der Waals surface area contributed by atoms with E-state index < -0.39 is 0 Å². The molecule has 0 unspecified atom stereocenters. The van der Waals surface area contributed by atoms with Crippen LogP contribution in [0.1, 0.15) is 42.3 Å². The molecule has 170 valence electrons. The maximum Gasteiger partial charge on any atom is 0.221 e. The van der Waals surface area contributed by atoms with E-state index in [-0.39, 0.29) is 41.3 Å². The molecule has 0 heterocycles. The summed E-state index contributed by atoms with van der Waals surface area (Å²) < 4.78 is 16.1. The van der Waals surface area contributed by atoms with Gasteiger partial charge in [0.05, 0.1) is 7.11 Å². The highest BCUT2D eigenvalue weighted by Gasteiger charge is 2.23. The van der Waals surface area contributed by atoms with Crippen LogP contribution in [0.2, 0.25) is 0 Å². The van der Waals surface area contributed by atoms with Crippen molar-refractivity contribution in [3.8, 4) is 17.2 Å². The van der Waals surface area contributed by atoms with Gasteiger partial charge in [0, 0.05) is 31.4 Å². The fraction of sp³-hybridized carbons (Fsp3) is 0.280. The van der Waals surface area contributed by atoms with E-state index in [2.05, 4.69) is 5.32 Å². The van der Waals surface area contributed by atoms with Crippen LogP contribution in [-0.2, 0) is 16.0 Å². The SMILES string of the molecule is COCOc1c(CC=C(C)C)c(O)cc(OC)c1C(=O)C=Cc1ccc(NC(C)=O)cc1. The molecule has 2 rings (SSSR count). The summed E-state index contributed by atoms with van der Waals surface area (Å²) in [5.41, 5.74) is 3.18. The number of allylic oxidation sites excluding steroid dienone is 3. The lowest BCUT2D eigenvalue weighted by molar-refractivity contribution is -0.114. The van der Waals surface area contributed by atoms with Gasteiger partial charge < -0.3 is 24.6 Å². The maximum atomic E-state index is 13.2. The van der Waals surface area contributed by atoms with Crippen LogP contribution in [0, 0.1) is 0 Å². The van der Waals surface area contributed by atoms with Crippen molar-refractivity contribution in [1.82, 2.24) is 0 Å². The number of hydrogen-bond donors (Lipinski definition) is 2. The van der Waals surface area contributed by atoms with Gasteiger partial charge in [-0.2, -0.15) is 0 Å². The first kappa shape index (κ1) is 24.7. The molecule has 2 aromatic rings. The van der Waals surface area contributed by atoms with Crippen LogP contribution >= 0.6 is 0 Å². The molecule has 0 bridgehead atoms. The fourth-order valence-electron chi connectivity index (χ4n) is 2.97. The van der Waals surface area contributed by atoms with Crippen molar-refractivity contribution in [3.63, 3.8) is 0 Å². The molecule has 0 aromatic heterocycles. The molecule has 0 atom stereocenters. The Morgan fingerprint density at radius 3 is 2.34 bits per heavy atom. The number of amides is 1. The van der Waals surface area contributed by atoms with Crippen LogP contribution in [0.15, 0.2) is 48.1 Å². The van der Waals surface area contributed by atoms with Crippen LogP contribution in [0.25, 0.3) is 6.08 Å². The van der Waals surface area contributed by atoms with Gasteiger partial charge in [0.1, 0.15) is 22.8 Å². The second-order valence-electron chi connectivity index (χ2n) is 7.32. The van der Waals surface area contributed by atoms with Crippen molar-refractivity contribution in [2.45, 2.75) is 27.2 Å². The Hall–Kier alpha value is -3.58. The number of anilines is 1. The van der Waals surface area contributed by atoms with Gasteiger partial charge >= 0.3 is 0 Å². The van der Waals surface area contributed by atoms with E-state index in [0.717, 1.165) is 11.1 Å². The Morgan fingerprint density at radius 2 is 1.78 bits per heavy atom. The number of nitrogens with one attached hydrogen (secondary N) is 1. The third kappa shape index (κ3) is 6.72. The second kappa shape index (κ2) is 11.7. The number of ketones is 1. The molecular formula is C25H29NO6. The summed E-state index contributed by atoms with van der Waals surface area (Å²) in [5, 5.41) is 13.2. The highest BCUT2D eigenvalue weighted by atomic mass is 16.7. The lowest BCUT2D eigenvalue weighted by Crippen LogP contribution is -2.09. The largest absolute Gasteiger partial charge is 0.507 e. The quantitative estimate of drug-likeness (QED) is 0.240. The number of hydrogen-bond acceptors (Lipinski definition) is 6. The zero-order valence-corrected chi connectivity index (χ0v) is 19.0. The van der Waals surface area contributed by atoms with Gasteiger partial charge in [-0.15, -0.1) is 0 Å². The summed E-state index contributed by atoms with van der Waals surface area (Å²) in [6, 6.07) is 8.48. The number of benzene rings is 2. The first-order valence-corrected chi connectivity index (χ1v) is 10.0. The first-order valence-electron chi connectivity index (χ1n) is 10.0. The minimum atomic E-state index is -0.350. The minimum absolute atomic E-state index is 0.0282. The third-order valence-electron chi connectivity index (χ3n) is 4.48. The van der Waals surface area contributed by atoms with E-state index in [1.807, 2.05) is 19.9 Å². The third-order valence-corrected chi connectivity index (χ3v) is 4.48. The number of ether oxygens (including phenoxy) is 3. The normalized spacial score (nSPS) is 10.7. The molecule has 0 radical (unpaired) electrons. The van der Waals surface area contributed by atoms with Gasteiger partial charge in [0.15, 0.2) is 12.6 Å². The van der Waals surface area contributed by atoms with Crippen molar-refractivity contribution >= 4 is 23.5 Å². The Kier molecular flexibility index (Phi) is 9.04. The molecule has 7 nitrogen and oxygen atoms in total. The van der Waals surface area contributed by atoms with Crippen molar-refractivity contribution in [3.05, 3.63) is 64.7 Å². The van der Waals surface area contributed by atoms with Crippen LogP contribution in [0.4, 0.5) is 5.69 Å². The Labute approximate surface area is 188 Å². The van der Waals surface area contributed by atoms with Crippen molar-refractivity contribution < 1.29 is 28.9 Å². The molecule has 0 spiro atoms. The number of phenolic OH excluding ortho intramolecular Hbond substituents is 1. The zero-order valence-electron chi connectivity index (χ0n) is 19.0. The monoisotopic (exact) mass is 439 g/mol. The van der Waals surface area contributed by atoms with Crippen LogP contribution < -0.4 is 14.8 Å². The van der Waals surface area contributed by atoms with E-state index in [1.54, 1.807) is 30.3 Å². The van der Waals surface area contributed by atoms with Crippen molar-refractivity contribution in [2.24, 2.45) is 0 Å². The van der Waals surface area contributed by atoms with Gasteiger partial charge in [-0.3, -0.25) is 9.59 Å². The van der Waals surface area contributed by atoms with Crippen LogP contribution in [-0.4, -0.2) is 37.8 Å². The lowest BCUT2D eigenvalue weighted by atomic mass is 9.99. The zero-order chi connectivity index (χ0) is 23.7. The Morgan fingerprint density at radius 1 is 1.09 bits per heavy atom. The smallest absolute Gasteiger partial charge is 0.221 e. The van der Waals surface area contributed by atoms with Crippen molar-refractivity contribution in [2.75, 3.05) is 26.3 Å². The Bertz CT molecular complexity index is 1020. The number of aromatic hydroxyl groups is 1. The number of methoxy groups -OCH3 is 2. The minimum Gasteiger partial charge on any atom is -0.507 e. The standard InChI is InChI=1S/C25H29NO6/c1-16(2)6-12-20-22(29)14-23(31-5)24(25(20)32-15-30-4)21(28)13-9-18-7-10-19(11-8-18)26-17(3)27/h6-11,13-14,29H,12,15H2,1-5H3,(H,26,27). The number of phenols is 1. The molecule has 0 aliphatic carbocycles. The predicted octanol–water partition coefficient (Wildman–Crippen LogP) is 4.75. The molecule has 0 aliphatic heterocycles. The van der Waals surface area contributed by atoms with E-state index >= 15 is 0 Å². The average Bonchev–Trinajstić information content (AvgIpc) is 2.75. The average molecular weight is 440 g/mol. The highest BCUT2D eigenvalue weighted by Crippen LogP contribution is 2.40. The molecule has 7 heteroatoms. The summed E-state index contributed by atoms with van der Waals surface area (Å²) in [7, 11) is 2.90. The number of carbonyl (C=O) groups is 2. The number of carbonyl (C=O) groups excluding carboxylic acids is 2. The van der Waals surface area contributed by atoms with Gasteiger partial charge in [0.2, 0.25) is 5.91 Å². The molecule has 2 aromatic carbocycles. The summed E-state index contributed by atoms with van der Waals surface area (Å²) in [5.74, 6) is -0.116. The summed E-state index contributed by atoms with van der Waals surface area (Å²) in [4.78, 5) is 24.3. The summed E-state index contributed by atoms with van der Waals surface area (Å²) >= 11 is 0. The van der Waals surface area contributed by atoms with E-state index in [1.165, 1.54) is 33.3 Å². The molecule has 1 amide bonds. The van der Waals surface area contributed by atoms with E-state index in [0.29, 0.717) is 17.7 Å². The van der Waals surface area contributed by atoms with Crippen LogP contribution in [0.5, 0.6) is 17.2 Å². The summed E-state index contributed by atoms with van der Waals surface area (Å²) in [6.45, 7) is 5.24. The van der Waals surface area contributed by atoms with Gasteiger partial charge in [-0.25, -0.2) is 0 Å². The van der Waals surface area contributed by atoms with Gasteiger partial charge in [-0.1, -0.05) is 29.9 Å². The molecule has 0 saturated carbocycles. The molecule has 2 N–H and O–H groups in total. The molecule has 0 saturated heterocycles. The first-order chi connectivity index (χ1) is 15.3. The molecule has 0 fully saturated rings. The maximum absolute atomic E-state index is 13.2. The highest BCUT2D eigenvalue weighted by molar-refractivity contribution is 6.11. The molecular weight excluding hydrogens is 410 g/mol. The van der Waals surface area contributed by atoms with E-state index in [9.17, 15) is 14.7 Å². The second-order valence-corrected chi connectivity index (χ2v) is 7.32. The Balaban J connectivity index is 2.45. The van der Waals surface area contributed by atoms with E-state index in [4.69, 9.17) is 14.2 Å². The predicted molar refractivity (Wildman–Crippen MR) is 124 cm³/mol. The van der Waals surface area contributed by atoms with Gasteiger partial charge in [0.25, 0.3) is 0 Å². The fourth-order valence-corrected chi connectivity index (χ4v) is 2.97. The number of rotatable bonds is 10. The molecule has 32 heavy (non-hydrogen) atoms.